The Kier molecular flexibility index (Phi) is 6.31. The molecule has 1 saturated carbocycles. The number of thiazole rings is 1. The fourth-order valence-corrected chi connectivity index (χ4v) is 4.31. The second-order valence-electron chi connectivity index (χ2n) is 6.69. The molecule has 1 aromatic heterocycles. The molecule has 4 nitrogen and oxygen atoms in total. The zero-order valence-electron chi connectivity index (χ0n) is 14.8. The van der Waals surface area contributed by atoms with E-state index in [4.69, 9.17) is 11.6 Å². The first-order chi connectivity index (χ1) is 12.6. The summed E-state index contributed by atoms with van der Waals surface area (Å²) in [6.45, 7) is 0.378. The number of aromatic nitrogens is 1. The van der Waals surface area contributed by atoms with Gasteiger partial charge in [0.2, 0.25) is 0 Å². The summed E-state index contributed by atoms with van der Waals surface area (Å²) in [6.07, 6.45) is 6.08. The average Bonchev–Trinajstić information content (AvgIpc) is 3.13. The number of hydrogen-bond acceptors (Lipinski definition) is 5. The zero-order valence-corrected chi connectivity index (χ0v) is 16.4. The van der Waals surface area contributed by atoms with Crippen LogP contribution in [0.1, 0.15) is 37.1 Å². The number of aliphatic hydroxyl groups excluding tert-OH is 1. The first-order valence-electron chi connectivity index (χ1n) is 8.82. The molecule has 0 unspecified atom stereocenters. The van der Waals surface area contributed by atoms with Crippen molar-refractivity contribution < 1.29 is 5.11 Å². The zero-order chi connectivity index (χ0) is 18.5. The average molecular weight is 388 g/mol. The number of halogens is 1. The summed E-state index contributed by atoms with van der Waals surface area (Å²) >= 11 is 7.29. The van der Waals surface area contributed by atoms with Crippen LogP contribution >= 0.6 is 22.9 Å². The van der Waals surface area contributed by atoms with Gasteiger partial charge in [0, 0.05) is 22.0 Å². The van der Waals surface area contributed by atoms with E-state index >= 15 is 0 Å². The van der Waals surface area contributed by atoms with E-state index < -0.39 is 0 Å². The molecule has 2 aromatic rings. The molecule has 1 heterocycles. The van der Waals surface area contributed by atoms with Crippen molar-refractivity contribution in [2.45, 2.75) is 38.1 Å². The number of aliphatic hydroxyl groups is 1. The molecule has 136 valence electrons. The second-order valence-corrected chi connectivity index (χ2v) is 7.98. The number of likely N-dealkylation sites (N-methyl/N-ethyl adjacent to an activating group) is 1. The van der Waals surface area contributed by atoms with Crippen molar-refractivity contribution >= 4 is 28.5 Å². The molecule has 1 aromatic carbocycles. The van der Waals surface area contributed by atoms with Gasteiger partial charge in [-0.25, -0.2) is 4.98 Å². The van der Waals surface area contributed by atoms with Gasteiger partial charge in [-0.15, -0.1) is 11.3 Å². The lowest BCUT2D eigenvalue weighted by Gasteiger charge is -2.30. The molecule has 0 amide bonds. The normalized spacial score (nSPS) is 16.4. The molecule has 0 radical (unpaired) electrons. The molecule has 0 bridgehead atoms. The number of nitrogens with zero attached hydrogens (tertiary/aromatic N) is 3. The Morgan fingerprint density at radius 1 is 1.31 bits per heavy atom. The Bertz CT molecular complexity index is 816. The highest BCUT2D eigenvalue weighted by atomic mass is 35.5. The molecule has 1 aliphatic carbocycles. The van der Waals surface area contributed by atoms with Crippen LogP contribution in [0.3, 0.4) is 0 Å². The van der Waals surface area contributed by atoms with Gasteiger partial charge >= 0.3 is 0 Å². The number of benzene rings is 1. The van der Waals surface area contributed by atoms with Gasteiger partial charge in [-0.3, -0.25) is 4.90 Å². The van der Waals surface area contributed by atoms with Gasteiger partial charge in [0.15, 0.2) is 0 Å². The number of rotatable bonds is 5. The minimum atomic E-state index is 0.0950. The van der Waals surface area contributed by atoms with Crippen molar-refractivity contribution in [2.24, 2.45) is 0 Å². The molecule has 1 aliphatic rings. The van der Waals surface area contributed by atoms with Gasteiger partial charge in [-0.2, -0.15) is 5.26 Å². The maximum Gasteiger partial charge on any atom is 0.138 e. The predicted octanol–water partition coefficient (Wildman–Crippen LogP) is 5.52. The fourth-order valence-electron chi connectivity index (χ4n) is 3.34. The van der Waals surface area contributed by atoms with Gasteiger partial charge in [-0.05, 0) is 32.0 Å². The van der Waals surface area contributed by atoms with Crippen molar-refractivity contribution in [1.82, 2.24) is 9.88 Å². The molecule has 0 spiro atoms. The fraction of sp³-hybridized carbons (Fsp3) is 0.400. The van der Waals surface area contributed by atoms with Crippen molar-refractivity contribution in [3.63, 3.8) is 0 Å². The van der Waals surface area contributed by atoms with Crippen molar-refractivity contribution in [2.75, 3.05) is 13.6 Å². The Labute approximate surface area is 163 Å². The molecule has 6 heteroatoms. The smallest absolute Gasteiger partial charge is 0.138 e. The van der Waals surface area contributed by atoms with E-state index in [1.54, 1.807) is 0 Å². The van der Waals surface area contributed by atoms with Crippen molar-refractivity contribution in [1.29, 1.82) is 5.26 Å². The summed E-state index contributed by atoms with van der Waals surface area (Å²) < 4.78 is 0. The van der Waals surface area contributed by atoms with Crippen LogP contribution in [0.2, 0.25) is 5.02 Å². The lowest BCUT2D eigenvalue weighted by Crippen LogP contribution is -2.35. The quantitative estimate of drug-likeness (QED) is 0.542. The Morgan fingerprint density at radius 2 is 2.00 bits per heavy atom. The van der Waals surface area contributed by atoms with E-state index in [0.29, 0.717) is 22.6 Å². The van der Waals surface area contributed by atoms with Crippen LogP contribution in [0.4, 0.5) is 0 Å². The SMILES string of the molecule is CN(C/C(O)=C(/C#N)c1nc(-c2ccc(Cl)cc2)cs1)C1CCCCC1. The summed E-state index contributed by atoms with van der Waals surface area (Å²) in [5, 5.41) is 23.2. The summed E-state index contributed by atoms with van der Waals surface area (Å²) in [4.78, 5) is 6.69. The van der Waals surface area contributed by atoms with Crippen LogP contribution in [-0.2, 0) is 0 Å². The summed E-state index contributed by atoms with van der Waals surface area (Å²) in [5.74, 6) is 0.0950. The molecule has 3 rings (SSSR count). The summed E-state index contributed by atoms with van der Waals surface area (Å²) in [7, 11) is 2.02. The third-order valence-corrected chi connectivity index (χ3v) is 5.97. The molecule has 0 atom stereocenters. The predicted molar refractivity (Wildman–Crippen MR) is 107 cm³/mol. The molecule has 26 heavy (non-hydrogen) atoms. The lowest BCUT2D eigenvalue weighted by atomic mass is 9.94. The van der Waals surface area contributed by atoms with Crippen LogP contribution in [-0.4, -0.2) is 34.6 Å². The van der Waals surface area contributed by atoms with Gasteiger partial charge < -0.3 is 5.11 Å². The maximum atomic E-state index is 10.5. The second kappa shape index (κ2) is 8.68. The van der Waals surface area contributed by atoms with E-state index in [0.717, 1.165) is 24.1 Å². The highest BCUT2D eigenvalue weighted by Crippen LogP contribution is 2.29. The number of allylic oxidation sites excluding steroid dienone is 1. The van der Waals surface area contributed by atoms with Crippen LogP contribution in [0.15, 0.2) is 35.4 Å². The van der Waals surface area contributed by atoms with Gasteiger partial charge in [0.25, 0.3) is 0 Å². The highest BCUT2D eigenvalue weighted by molar-refractivity contribution is 7.11. The van der Waals surface area contributed by atoms with Gasteiger partial charge in [-0.1, -0.05) is 43.0 Å². The van der Waals surface area contributed by atoms with Crippen LogP contribution < -0.4 is 0 Å². The van der Waals surface area contributed by atoms with Crippen LogP contribution in [0, 0.1) is 11.3 Å². The van der Waals surface area contributed by atoms with E-state index in [1.165, 1.54) is 30.6 Å². The minimum absolute atomic E-state index is 0.0950. The van der Waals surface area contributed by atoms with Gasteiger partial charge in [0.05, 0.1) is 12.2 Å². The van der Waals surface area contributed by atoms with Crippen molar-refractivity contribution in [3.05, 3.63) is 45.4 Å². The van der Waals surface area contributed by atoms with E-state index in [2.05, 4.69) is 16.0 Å². The highest BCUT2D eigenvalue weighted by Gasteiger charge is 2.21. The Morgan fingerprint density at radius 3 is 2.65 bits per heavy atom. The van der Waals surface area contributed by atoms with Crippen molar-refractivity contribution in [3.8, 4) is 17.3 Å². The summed E-state index contributed by atoms with van der Waals surface area (Å²) in [6, 6.07) is 10.0. The Hall–Kier alpha value is -1.87. The maximum absolute atomic E-state index is 10.5. The van der Waals surface area contributed by atoms with Gasteiger partial charge in [0.1, 0.15) is 22.4 Å². The van der Waals surface area contributed by atoms with Crippen LogP contribution in [0.5, 0.6) is 0 Å². The molecular weight excluding hydrogens is 366 g/mol. The molecular formula is C20H22ClN3OS. The lowest BCUT2D eigenvalue weighted by molar-refractivity contribution is 0.184. The molecule has 0 aliphatic heterocycles. The first-order valence-corrected chi connectivity index (χ1v) is 10.1. The van der Waals surface area contributed by atoms with E-state index in [-0.39, 0.29) is 11.3 Å². The molecule has 1 fully saturated rings. The third-order valence-electron chi connectivity index (χ3n) is 4.86. The summed E-state index contributed by atoms with van der Waals surface area (Å²) in [5.41, 5.74) is 1.98. The standard InChI is InChI=1S/C20H22ClN3OS/c1-24(16-5-3-2-4-6-16)12-19(25)17(11-22)20-23-18(13-26-20)14-7-9-15(21)10-8-14/h7-10,13,16,25H,2-6,12H2,1H3/b19-17+. The molecule has 0 saturated heterocycles. The topological polar surface area (TPSA) is 60.1 Å². The van der Waals surface area contributed by atoms with Crippen LogP contribution in [0.25, 0.3) is 16.8 Å². The monoisotopic (exact) mass is 387 g/mol. The van der Waals surface area contributed by atoms with E-state index in [9.17, 15) is 10.4 Å². The minimum Gasteiger partial charge on any atom is -0.509 e. The largest absolute Gasteiger partial charge is 0.509 e. The number of hydrogen-bond donors (Lipinski definition) is 1. The number of nitriles is 1. The first kappa shape index (κ1) is 18.9. The third kappa shape index (κ3) is 4.45. The van der Waals surface area contributed by atoms with E-state index in [1.807, 2.05) is 36.7 Å². The molecule has 1 N–H and O–H groups in total. The Balaban J connectivity index is 1.78.